The van der Waals surface area contributed by atoms with Gasteiger partial charge < -0.3 is 15.5 Å². The minimum atomic E-state index is -0.628. The van der Waals surface area contributed by atoms with E-state index >= 15 is 0 Å². The van der Waals surface area contributed by atoms with Gasteiger partial charge in [-0.2, -0.15) is 5.10 Å². The van der Waals surface area contributed by atoms with E-state index in [0.717, 1.165) is 5.69 Å². The average Bonchev–Trinajstić information content (AvgIpc) is 2.56. The summed E-state index contributed by atoms with van der Waals surface area (Å²) >= 11 is 0. The summed E-state index contributed by atoms with van der Waals surface area (Å²) in [4.78, 5) is 11.6. The molecule has 1 heterocycles. The van der Waals surface area contributed by atoms with E-state index in [-0.39, 0.29) is 19.1 Å². The highest BCUT2D eigenvalue weighted by atomic mass is 16.3. The van der Waals surface area contributed by atoms with Crippen LogP contribution in [-0.2, 0) is 7.05 Å². The van der Waals surface area contributed by atoms with Crippen LogP contribution >= 0.6 is 0 Å². The summed E-state index contributed by atoms with van der Waals surface area (Å²) in [5.41, 5.74) is 1.19. The van der Waals surface area contributed by atoms with Crippen molar-refractivity contribution in [3.8, 4) is 0 Å². The van der Waals surface area contributed by atoms with Crippen LogP contribution in [0.5, 0.6) is 0 Å². The summed E-state index contributed by atoms with van der Waals surface area (Å²) in [6, 6.07) is -0.628. The van der Waals surface area contributed by atoms with Gasteiger partial charge in [0.15, 0.2) is 0 Å². The second-order valence-electron chi connectivity index (χ2n) is 3.30. The molecule has 0 aliphatic rings. The van der Waals surface area contributed by atoms with Crippen LogP contribution in [0.3, 0.4) is 0 Å². The first kappa shape index (κ1) is 11.7. The number of hydrogen-bond donors (Lipinski definition) is 3. The zero-order chi connectivity index (χ0) is 11.4. The van der Waals surface area contributed by atoms with Crippen molar-refractivity contribution in [3.63, 3.8) is 0 Å². The lowest BCUT2D eigenvalue weighted by Gasteiger charge is -2.12. The summed E-state index contributed by atoms with van der Waals surface area (Å²) in [7, 11) is 1.74. The lowest BCUT2D eigenvalue weighted by molar-refractivity contribution is 0.0878. The van der Waals surface area contributed by atoms with E-state index in [2.05, 4.69) is 10.4 Å². The fourth-order valence-electron chi connectivity index (χ4n) is 1.13. The van der Waals surface area contributed by atoms with E-state index < -0.39 is 6.04 Å². The van der Waals surface area contributed by atoms with Crippen molar-refractivity contribution in [2.75, 3.05) is 13.2 Å². The number of amides is 1. The van der Waals surface area contributed by atoms with Gasteiger partial charge in [-0.3, -0.25) is 9.48 Å². The number of aromatic nitrogens is 2. The fourth-order valence-corrected chi connectivity index (χ4v) is 1.13. The van der Waals surface area contributed by atoms with Crippen LogP contribution in [0, 0.1) is 6.92 Å². The summed E-state index contributed by atoms with van der Waals surface area (Å²) in [6.07, 6.45) is 1.45. The third-order valence-corrected chi connectivity index (χ3v) is 2.26. The number of hydrogen-bond acceptors (Lipinski definition) is 4. The molecule has 0 atom stereocenters. The van der Waals surface area contributed by atoms with Gasteiger partial charge in [0.25, 0.3) is 5.91 Å². The maximum absolute atomic E-state index is 11.6. The fraction of sp³-hybridized carbons (Fsp3) is 0.556. The summed E-state index contributed by atoms with van der Waals surface area (Å²) < 4.78 is 1.59. The Morgan fingerprint density at radius 1 is 1.60 bits per heavy atom. The largest absolute Gasteiger partial charge is 0.394 e. The van der Waals surface area contributed by atoms with Gasteiger partial charge in [-0.15, -0.1) is 0 Å². The molecular formula is C9H15N3O3. The number of nitrogens with zero attached hydrogens (tertiary/aromatic N) is 2. The molecule has 0 saturated carbocycles. The van der Waals surface area contributed by atoms with Crippen LogP contribution in [0.2, 0.25) is 0 Å². The van der Waals surface area contributed by atoms with Crippen LogP contribution in [0.25, 0.3) is 0 Å². The molecule has 0 bridgehead atoms. The smallest absolute Gasteiger partial charge is 0.255 e. The number of aliphatic hydroxyl groups is 2. The second kappa shape index (κ2) is 4.90. The number of aryl methyl sites for hydroxylation is 1. The highest BCUT2D eigenvalue weighted by Gasteiger charge is 2.16. The molecule has 1 aromatic rings. The Kier molecular flexibility index (Phi) is 3.81. The van der Waals surface area contributed by atoms with Crippen LogP contribution in [0.1, 0.15) is 16.1 Å². The van der Waals surface area contributed by atoms with Crippen molar-refractivity contribution in [3.05, 3.63) is 17.5 Å². The lowest BCUT2D eigenvalue weighted by Crippen LogP contribution is -2.40. The van der Waals surface area contributed by atoms with Crippen molar-refractivity contribution in [2.24, 2.45) is 7.05 Å². The first-order valence-electron chi connectivity index (χ1n) is 4.61. The number of carbonyl (C=O) groups excluding carboxylic acids is 1. The normalized spacial score (nSPS) is 10.7. The highest BCUT2D eigenvalue weighted by molar-refractivity contribution is 5.95. The van der Waals surface area contributed by atoms with Gasteiger partial charge >= 0.3 is 0 Å². The van der Waals surface area contributed by atoms with Gasteiger partial charge in [0.05, 0.1) is 31.0 Å². The van der Waals surface area contributed by atoms with Crippen LogP contribution in [-0.4, -0.2) is 45.2 Å². The zero-order valence-electron chi connectivity index (χ0n) is 8.77. The predicted octanol–water partition coefficient (Wildman–Crippen LogP) is -1.19. The Labute approximate surface area is 87.5 Å². The molecule has 84 valence electrons. The molecular weight excluding hydrogens is 198 g/mol. The SMILES string of the molecule is Cc1c(C(=O)NC(CO)CO)cnn1C. The van der Waals surface area contributed by atoms with Crippen molar-refractivity contribution in [1.29, 1.82) is 0 Å². The van der Waals surface area contributed by atoms with E-state index in [9.17, 15) is 4.79 Å². The van der Waals surface area contributed by atoms with Crippen LogP contribution in [0.4, 0.5) is 0 Å². The molecule has 0 radical (unpaired) electrons. The molecule has 1 rings (SSSR count). The molecule has 1 aromatic heterocycles. The van der Waals surface area contributed by atoms with Crippen molar-refractivity contribution in [2.45, 2.75) is 13.0 Å². The minimum Gasteiger partial charge on any atom is -0.394 e. The summed E-state index contributed by atoms with van der Waals surface area (Å²) in [5, 5.41) is 24.0. The number of rotatable bonds is 4. The Morgan fingerprint density at radius 3 is 2.60 bits per heavy atom. The molecule has 0 aromatic carbocycles. The molecule has 0 fully saturated rings. The Morgan fingerprint density at radius 2 is 2.20 bits per heavy atom. The zero-order valence-corrected chi connectivity index (χ0v) is 8.77. The van der Waals surface area contributed by atoms with Gasteiger partial charge in [0, 0.05) is 12.7 Å². The molecule has 0 spiro atoms. The molecule has 0 saturated heterocycles. The summed E-state index contributed by atoms with van der Waals surface area (Å²) in [5.74, 6) is -0.339. The van der Waals surface area contributed by atoms with Crippen LogP contribution in [0.15, 0.2) is 6.20 Å². The molecule has 0 aliphatic carbocycles. The minimum absolute atomic E-state index is 0.290. The number of aliphatic hydroxyl groups excluding tert-OH is 2. The predicted molar refractivity (Wildman–Crippen MR) is 53.4 cm³/mol. The maximum Gasteiger partial charge on any atom is 0.255 e. The van der Waals surface area contributed by atoms with Crippen molar-refractivity contribution in [1.82, 2.24) is 15.1 Å². The van der Waals surface area contributed by atoms with E-state index in [1.54, 1.807) is 18.7 Å². The third-order valence-electron chi connectivity index (χ3n) is 2.26. The molecule has 15 heavy (non-hydrogen) atoms. The van der Waals surface area contributed by atoms with Crippen molar-refractivity contribution >= 4 is 5.91 Å². The molecule has 6 heteroatoms. The van der Waals surface area contributed by atoms with Gasteiger partial charge in [0.1, 0.15) is 0 Å². The first-order chi connectivity index (χ1) is 7.10. The quantitative estimate of drug-likeness (QED) is 0.587. The number of nitrogens with one attached hydrogen (secondary N) is 1. The van der Waals surface area contributed by atoms with Gasteiger partial charge in [-0.1, -0.05) is 0 Å². The molecule has 6 nitrogen and oxygen atoms in total. The maximum atomic E-state index is 11.6. The monoisotopic (exact) mass is 213 g/mol. The van der Waals surface area contributed by atoms with Crippen molar-refractivity contribution < 1.29 is 15.0 Å². The number of carbonyl (C=O) groups is 1. The van der Waals surface area contributed by atoms with E-state index in [0.29, 0.717) is 5.56 Å². The lowest BCUT2D eigenvalue weighted by atomic mass is 10.2. The summed E-state index contributed by atoms with van der Waals surface area (Å²) in [6.45, 7) is 1.19. The average molecular weight is 213 g/mol. The Hall–Kier alpha value is -1.40. The second-order valence-corrected chi connectivity index (χ2v) is 3.30. The topological polar surface area (TPSA) is 87.4 Å². The van der Waals surface area contributed by atoms with Gasteiger partial charge in [-0.25, -0.2) is 0 Å². The molecule has 0 unspecified atom stereocenters. The standard InChI is InChI=1S/C9H15N3O3/c1-6-8(3-10-12(6)2)9(15)11-7(4-13)5-14/h3,7,13-14H,4-5H2,1-2H3,(H,11,15). The molecule has 1 amide bonds. The van der Waals surface area contributed by atoms with Gasteiger partial charge in [0.2, 0.25) is 0 Å². The highest BCUT2D eigenvalue weighted by Crippen LogP contribution is 2.05. The van der Waals surface area contributed by atoms with E-state index in [1.807, 2.05) is 0 Å². The Bertz CT molecular complexity index is 344. The molecule has 0 aliphatic heterocycles. The van der Waals surface area contributed by atoms with Crippen LogP contribution < -0.4 is 5.32 Å². The van der Waals surface area contributed by atoms with E-state index in [4.69, 9.17) is 10.2 Å². The third kappa shape index (κ3) is 2.54. The van der Waals surface area contributed by atoms with E-state index in [1.165, 1.54) is 6.20 Å². The molecule has 3 N–H and O–H groups in total. The Balaban J connectivity index is 2.73. The first-order valence-corrected chi connectivity index (χ1v) is 4.61. The van der Waals surface area contributed by atoms with Gasteiger partial charge in [-0.05, 0) is 6.92 Å².